The second-order valence-electron chi connectivity index (χ2n) is 8.16. The quantitative estimate of drug-likeness (QED) is 0.286. The van der Waals surface area contributed by atoms with Gasteiger partial charge in [0.25, 0.3) is 0 Å². The summed E-state index contributed by atoms with van der Waals surface area (Å²) in [4.78, 5) is 13.3. The molecule has 0 N–H and O–H groups in total. The Morgan fingerprint density at radius 1 is 0.724 bits per heavy atom. The summed E-state index contributed by atoms with van der Waals surface area (Å²) in [5.74, 6) is 0. The third kappa shape index (κ3) is 3.03. The maximum atomic E-state index is 13.3. The van der Waals surface area contributed by atoms with Crippen molar-refractivity contribution in [1.82, 2.24) is 0 Å². The van der Waals surface area contributed by atoms with Crippen LogP contribution >= 0.6 is 11.3 Å². The second-order valence-corrected chi connectivity index (χ2v) is 9.24. The summed E-state index contributed by atoms with van der Waals surface area (Å²) in [6.45, 7) is 6.52. The fraction of sp³-hybridized carbons (Fsp3) is 0.222. The van der Waals surface area contributed by atoms with Gasteiger partial charge in [0.05, 0.1) is 0 Å². The molecule has 1 heterocycles. The molecule has 0 saturated carbocycles. The number of hydrogen-bond donors (Lipinski definition) is 0. The number of fused-ring (bicyclic) bond motifs is 4. The second kappa shape index (κ2) is 6.96. The molecule has 0 unspecified atom stereocenters. The molecule has 0 spiro atoms. The van der Waals surface area contributed by atoms with Gasteiger partial charge in [-0.05, 0) is 101 Å². The van der Waals surface area contributed by atoms with Gasteiger partial charge < -0.3 is 0 Å². The van der Waals surface area contributed by atoms with Crippen LogP contribution in [0.2, 0.25) is 0 Å². The SMILES string of the molecule is CCCCc1ccc2sc3cc4cc5c(C)ccc(C)c5cc4cc3c(=O)c2c1. The number of unbranched alkanes of at least 4 members (excludes halogenated alkanes) is 1. The Kier molecular flexibility index (Phi) is 4.40. The molecule has 0 aliphatic carbocycles. The first-order valence-corrected chi connectivity index (χ1v) is 11.2. The lowest BCUT2D eigenvalue weighted by Gasteiger charge is -2.10. The minimum atomic E-state index is 0.162. The highest BCUT2D eigenvalue weighted by molar-refractivity contribution is 7.24. The van der Waals surface area contributed by atoms with Crippen molar-refractivity contribution in [3.63, 3.8) is 0 Å². The van der Waals surface area contributed by atoms with Gasteiger partial charge in [0.15, 0.2) is 5.43 Å². The van der Waals surface area contributed by atoms with Gasteiger partial charge in [0.2, 0.25) is 0 Å². The lowest BCUT2D eigenvalue weighted by atomic mass is 9.96. The van der Waals surface area contributed by atoms with E-state index in [1.54, 1.807) is 11.3 Å². The molecule has 0 radical (unpaired) electrons. The molecule has 0 aliphatic heterocycles. The molecular formula is C27H24OS. The minimum Gasteiger partial charge on any atom is -0.289 e. The van der Waals surface area contributed by atoms with E-state index in [1.807, 2.05) is 0 Å². The maximum absolute atomic E-state index is 13.3. The Morgan fingerprint density at radius 2 is 1.34 bits per heavy atom. The van der Waals surface area contributed by atoms with Crippen molar-refractivity contribution in [1.29, 1.82) is 0 Å². The van der Waals surface area contributed by atoms with Crippen molar-refractivity contribution < 1.29 is 0 Å². The normalized spacial score (nSPS) is 11.8. The smallest absolute Gasteiger partial charge is 0.195 e. The molecule has 5 rings (SSSR count). The average molecular weight is 397 g/mol. The Balaban J connectivity index is 1.81. The molecule has 4 aromatic carbocycles. The highest BCUT2D eigenvalue weighted by Gasteiger charge is 2.10. The molecule has 1 nitrogen and oxygen atoms in total. The summed E-state index contributed by atoms with van der Waals surface area (Å²) in [6, 6.07) is 19.6. The zero-order valence-electron chi connectivity index (χ0n) is 17.1. The van der Waals surface area contributed by atoms with Crippen LogP contribution in [0.3, 0.4) is 0 Å². The number of benzene rings is 4. The van der Waals surface area contributed by atoms with E-state index in [4.69, 9.17) is 0 Å². The van der Waals surface area contributed by atoms with Crippen LogP contribution in [0.5, 0.6) is 0 Å². The first-order valence-electron chi connectivity index (χ1n) is 10.4. The van der Waals surface area contributed by atoms with Crippen LogP contribution in [-0.4, -0.2) is 0 Å². The van der Waals surface area contributed by atoms with Crippen molar-refractivity contribution in [2.45, 2.75) is 40.0 Å². The number of aryl methyl sites for hydroxylation is 3. The Bertz CT molecular complexity index is 1470. The van der Waals surface area contributed by atoms with Crippen LogP contribution < -0.4 is 5.43 Å². The van der Waals surface area contributed by atoms with E-state index in [1.165, 1.54) is 39.3 Å². The molecule has 0 amide bonds. The predicted molar refractivity (Wildman–Crippen MR) is 129 cm³/mol. The van der Waals surface area contributed by atoms with Crippen LogP contribution in [-0.2, 0) is 6.42 Å². The van der Waals surface area contributed by atoms with E-state index in [-0.39, 0.29) is 5.43 Å². The highest BCUT2D eigenvalue weighted by atomic mass is 32.1. The molecule has 0 fully saturated rings. The first-order chi connectivity index (χ1) is 14.0. The average Bonchev–Trinajstić information content (AvgIpc) is 2.73. The van der Waals surface area contributed by atoms with Gasteiger partial charge in [0, 0.05) is 20.2 Å². The van der Waals surface area contributed by atoms with Gasteiger partial charge in [0.1, 0.15) is 0 Å². The van der Waals surface area contributed by atoms with Crippen LogP contribution in [0, 0.1) is 13.8 Å². The molecule has 2 heteroatoms. The molecule has 5 aromatic rings. The largest absolute Gasteiger partial charge is 0.289 e. The van der Waals surface area contributed by atoms with Crippen molar-refractivity contribution in [3.8, 4) is 0 Å². The summed E-state index contributed by atoms with van der Waals surface area (Å²) in [6.07, 6.45) is 3.37. The first kappa shape index (κ1) is 18.3. The van der Waals surface area contributed by atoms with Gasteiger partial charge in [-0.3, -0.25) is 4.79 Å². The molecule has 29 heavy (non-hydrogen) atoms. The van der Waals surface area contributed by atoms with Gasteiger partial charge in [-0.25, -0.2) is 0 Å². The predicted octanol–water partition coefficient (Wildman–Crippen LogP) is 7.68. The zero-order valence-corrected chi connectivity index (χ0v) is 18.0. The summed E-state index contributed by atoms with van der Waals surface area (Å²) < 4.78 is 2.15. The fourth-order valence-electron chi connectivity index (χ4n) is 4.32. The third-order valence-corrected chi connectivity index (χ3v) is 7.21. The molecule has 0 bridgehead atoms. The van der Waals surface area contributed by atoms with E-state index >= 15 is 0 Å². The highest BCUT2D eigenvalue weighted by Crippen LogP contribution is 2.33. The van der Waals surface area contributed by atoms with Crippen molar-refractivity contribution >= 4 is 53.1 Å². The van der Waals surface area contributed by atoms with Crippen LogP contribution in [0.1, 0.15) is 36.5 Å². The molecule has 0 saturated heterocycles. The van der Waals surface area contributed by atoms with Crippen LogP contribution in [0.25, 0.3) is 41.7 Å². The monoisotopic (exact) mass is 396 g/mol. The summed E-state index contributed by atoms with van der Waals surface area (Å²) in [7, 11) is 0. The molecule has 144 valence electrons. The molecular weight excluding hydrogens is 372 g/mol. The minimum absolute atomic E-state index is 0.162. The number of rotatable bonds is 3. The summed E-state index contributed by atoms with van der Waals surface area (Å²) >= 11 is 1.73. The summed E-state index contributed by atoms with van der Waals surface area (Å²) in [5, 5.41) is 6.62. The summed E-state index contributed by atoms with van der Waals surface area (Å²) in [5.41, 5.74) is 3.99. The van der Waals surface area contributed by atoms with Crippen molar-refractivity contribution in [2.24, 2.45) is 0 Å². The number of hydrogen-bond acceptors (Lipinski definition) is 2. The Hall–Kier alpha value is -2.71. The Morgan fingerprint density at radius 3 is 2.03 bits per heavy atom. The lowest BCUT2D eigenvalue weighted by molar-refractivity contribution is 0.796. The molecule has 0 aliphatic rings. The fourth-order valence-corrected chi connectivity index (χ4v) is 5.40. The lowest BCUT2D eigenvalue weighted by Crippen LogP contribution is -2.02. The van der Waals surface area contributed by atoms with E-state index < -0.39 is 0 Å². The standard InChI is InChI=1S/C27H24OS/c1-4-5-6-18-9-10-25-23(11-18)27(28)24-14-19-12-21-16(2)7-8-17(3)22(21)13-20(19)15-26(24)29-25/h7-15H,4-6H2,1-3H3. The zero-order chi connectivity index (χ0) is 20.1. The maximum Gasteiger partial charge on any atom is 0.195 e. The van der Waals surface area contributed by atoms with Crippen LogP contribution in [0.4, 0.5) is 0 Å². The molecule has 0 atom stereocenters. The third-order valence-electron chi connectivity index (χ3n) is 6.08. The van der Waals surface area contributed by atoms with E-state index in [0.29, 0.717) is 0 Å². The molecule has 1 aromatic heterocycles. The Labute approximate surface area is 174 Å². The van der Waals surface area contributed by atoms with E-state index in [0.717, 1.165) is 38.4 Å². The van der Waals surface area contributed by atoms with Crippen molar-refractivity contribution in [3.05, 3.63) is 81.5 Å². The van der Waals surface area contributed by atoms with Gasteiger partial charge >= 0.3 is 0 Å². The van der Waals surface area contributed by atoms with Crippen LogP contribution in [0.15, 0.2) is 59.4 Å². The van der Waals surface area contributed by atoms with Crippen molar-refractivity contribution in [2.75, 3.05) is 0 Å². The van der Waals surface area contributed by atoms with Gasteiger partial charge in [-0.2, -0.15) is 0 Å². The topological polar surface area (TPSA) is 17.1 Å². The van der Waals surface area contributed by atoms with E-state index in [9.17, 15) is 4.79 Å². The van der Waals surface area contributed by atoms with Gasteiger partial charge in [-0.15, -0.1) is 11.3 Å². The van der Waals surface area contributed by atoms with Gasteiger partial charge in [-0.1, -0.05) is 31.5 Å². The van der Waals surface area contributed by atoms with E-state index in [2.05, 4.69) is 75.4 Å².